The Morgan fingerprint density at radius 2 is 2.12 bits per heavy atom. The minimum absolute atomic E-state index is 0.680. The molecule has 1 fully saturated rings. The predicted molar refractivity (Wildman–Crippen MR) is 64.1 cm³/mol. The largest absolute Gasteiger partial charge is 0.361 e. The zero-order valence-corrected chi connectivity index (χ0v) is 10.3. The molecule has 0 unspecified atom stereocenters. The van der Waals surface area contributed by atoms with E-state index >= 15 is 0 Å². The number of aryl methyl sites for hydroxylation is 1. The average molecular weight is 222 g/mol. The summed E-state index contributed by atoms with van der Waals surface area (Å²) in [6, 6.07) is 2.69. The summed E-state index contributed by atoms with van der Waals surface area (Å²) < 4.78 is 5.05. The molecule has 2 rings (SSSR count). The molecule has 0 spiro atoms. The Bertz CT molecular complexity index is 313. The highest BCUT2D eigenvalue weighted by Gasteiger charge is 2.19. The van der Waals surface area contributed by atoms with Gasteiger partial charge in [0.05, 0.1) is 5.69 Å². The van der Waals surface area contributed by atoms with E-state index in [-0.39, 0.29) is 0 Å². The fourth-order valence-corrected chi connectivity index (χ4v) is 2.52. The van der Waals surface area contributed by atoms with Crippen molar-refractivity contribution in [3.05, 3.63) is 17.5 Å². The molecule has 0 aliphatic heterocycles. The van der Waals surface area contributed by atoms with Crippen LogP contribution in [0.4, 0.5) is 0 Å². The Balaban J connectivity index is 1.71. The van der Waals surface area contributed by atoms with E-state index in [1.54, 1.807) is 0 Å². The molecule has 0 saturated heterocycles. The SMILES string of the molecule is CCC1CCC(NCc2cc(C)on2)CC1. The second-order valence-corrected chi connectivity index (χ2v) is 4.94. The van der Waals surface area contributed by atoms with Gasteiger partial charge in [-0.25, -0.2) is 0 Å². The molecular weight excluding hydrogens is 200 g/mol. The molecule has 0 bridgehead atoms. The standard InChI is InChI=1S/C13H22N2O/c1-3-11-4-6-12(7-5-11)14-9-13-8-10(2)16-15-13/h8,11-12,14H,3-7,9H2,1-2H3. The first kappa shape index (κ1) is 11.6. The van der Waals surface area contributed by atoms with Crippen molar-refractivity contribution in [1.29, 1.82) is 0 Å². The van der Waals surface area contributed by atoms with E-state index in [4.69, 9.17) is 4.52 Å². The maximum atomic E-state index is 5.05. The number of hydrogen-bond donors (Lipinski definition) is 1. The zero-order chi connectivity index (χ0) is 11.4. The Labute approximate surface area is 97.6 Å². The van der Waals surface area contributed by atoms with Gasteiger partial charge in [-0.05, 0) is 38.5 Å². The third-order valence-corrected chi connectivity index (χ3v) is 3.67. The molecule has 1 N–H and O–H groups in total. The van der Waals surface area contributed by atoms with Gasteiger partial charge in [0.25, 0.3) is 0 Å². The lowest BCUT2D eigenvalue weighted by Gasteiger charge is -2.28. The van der Waals surface area contributed by atoms with Crippen LogP contribution in [0.25, 0.3) is 0 Å². The first-order chi connectivity index (χ1) is 7.78. The maximum absolute atomic E-state index is 5.05. The lowest BCUT2D eigenvalue weighted by Crippen LogP contribution is -2.32. The lowest BCUT2D eigenvalue weighted by atomic mass is 9.84. The van der Waals surface area contributed by atoms with E-state index in [1.165, 1.54) is 32.1 Å². The lowest BCUT2D eigenvalue weighted by molar-refractivity contribution is 0.283. The van der Waals surface area contributed by atoms with Crippen LogP contribution in [0.3, 0.4) is 0 Å². The van der Waals surface area contributed by atoms with Crippen LogP contribution in [0.2, 0.25) is 0 Å². The molecule has 0 aromatic carbocycles. The molecule has 16 heavy (non-hydrogen) atoms. The highest BCUT2D eigenvalue weighted by molar-refractivity contribution is 5.03. The molecule has 1 aliphatic carbocycles. The predicted octanol–water partition coefficient (Wildman–Crippen LogP) is 3.04. The summed E-state index contributed by atoms with van der Waals surface area (Å²) in [5.74, 6) is 1.86. The first-order valence-corrected chi connectivity index (χ1v) is 6.43. The molecule has 3 heteroatoms. The average Bonchev–Trinajstić information content (AvgIpc) is 2.73. The highest BCUT2D eigenvalue weighted by atomic mass is 16.5. The van der Waals surface area contributed by atoms with Crippen LogP contribution < -0.4 is 5.32 Å². The van der Waals surface area contributed by atoms with E-state index in [1.807, 2.05) is 13.0 Å². The van der Waals surface area contributed by atoms with Crippen LogP contribution in [-0.4, -0.2) is 11.2 Å². The molecule has 0 atom stereocenters. The molecule has 1 saturated carbocycles. The number of nitrogens with one attached hydrogen (secondary N) is 1. The monoisotopic (exact) mass is 222 g/mol. The van der Waals surface area contributed by atoms with Crippen LogP contribution in [0.15, 0.2) is 10.6 Å². The zero-order valence-electron chi connectivity index (χ0n) is 10.3. The van der Waals surface area contributed by atoms with Crippen molar-refractivity contribution in [1.82, 2.24) is 10.5 Å². The fraction of sp³-hybridized carbons (Fsp3) is 0.769. The van der Waals surface area contributed by atoms with Crippen molar-refractivity contribution >= 4 is 0 Å². The third kappa shape index (κ3) is 3.08. The van der Waals surface area contributed by atoms with Gasteiger partial charge in [-0.2, -0.15) is 0 Å². The molecule has 3 nitrogen and oxygen atoms in total. The van der Waals surface area contributed by atoms with Gasteiger partial charge in [-0.15, -0.1) is 0 Å². The van der Waals surface area contributed by atoms with Crippen molar-refractivity contribution in [2.24, 2.45) is 5.92 Å². The molecule has 1 aliphatic rings. The number of rotatable bonds is 4. The molecule has 1 aromatic rings. The second-order valence-electron chi connectivity index (χ2n) is 4.94. The summed E-state index contributed by atoms with van der Waals surface area (Å²) in [5.41, 5.74) is 1.02. The summed E-state index contributed by atoms with van der Waals surface area (Å²) in [5, 5.41) is 7.57. The second kappa shape index (κ2) is 5.48. The molecule has 90 valence electrons. The van der Waals surface area contributed by atoms with Crippen molar-refractivity contribution in [2.45, 2.75) is 58.5 Å². The van der Waals surface area contributed by atoms with Crippen LogP contribution in [0, 0.1) is 12.8 Å². The summed E-state index contributed by atoms with van der Waals surface area (Å²) in [6.07, 6.45) is 6.73. The van der Waals surface area contributed by atoms with Crippen LogP contribution in [0.5, 0.6) is 0 Å². The van der Waals surface area contributed by atoms with E-state index in [9.17, 15) is 0 Å². The van der Waals surface area contributed by atoms with Gasteiger partial charge < -0.3 is 9.84 Å². The molecular formula is C13H22N2O. The van der Waals surface area contributed by atoms with Gasteiger partial charge in [-0.1, -0.05) is 18.5 Å². The number of aromatic nitrogens is 1. The van der Waals surface area contributed by atoms with E-state index in [0.29, 0.717) is 6.04 Å². The summed E-state index contributed by atoms with van der Waals surface area (Å²) >= 11 is 0. The summed E-state index contributed by atoms with van der Waals surface area (Å²) in [7, 11) is 0. The molecule has 0 amide bonds. The Morgan fingerprint density at radius 1 is 1.38 bits per heavy atom. The van der Waals surface area contributed by atoms with Crippen LogP contribution >= 0.6 is 0 Å². The van der Waals surface area contributed by atoms with Gasteiger partial charge >= 0.3 is 0 Å². The van der Waals surface area contributed by atoms with Gasteiger partial charge in [0.2, 0.25) is 0 Å². The molecule has 1 heterocycles. The van der Waals surface area contributed by atoms with Gasteiger partial charge in [-0.3, -0.25) is 0 Å². The van der Waals surface area contributed by atoms with Crippen molar-refractivity contribution in [3.8, 4) is 0 Å². The highest BCUT2D eigenvalue weighted by Crippen LogP contribution is 2.26. The Kier molecular flexibility index (Phi) is 3.99. The smallest absolute Gasteiger partial charge is 0.133 e. The summed E-state index contributed by atoms with van der Waals surface area (Å²) in [6.45, 7) is 5.08. The van der Waals surface area contributed by atoms with Gasteiger partial charge in [0.1, 0.15) is 5.76 Å². The van der Waals surface area contributed by atoms with E-state index in [2.05, 4.69) is 17.4 Å². The van der Waals surface area contributed by atoms with Crippen molar-refractivity contribution < 1.29 is 4.52 Å². The van der Waals surface area contributed by atoms with Crippen molar-refractivity contribution in [2.75, 3.05) is 0 Å². The number of hydrogen-bond acceptors (Lipinski definition) is 3. The first-order valence-electron chi connectivity index (χ1n) is 6.43. The normalized spacial score (nSPS) is 25.9. The third-order valence-electron chi connectivity index (χ3n) is 3.67. The fourth-order valence-electron chi connectivity index (χ4n) is 2.52. The van der Waals surface area contributed by atoms with Crippen LogP contribution in [0.1, 0.15) is 50.5 Å². The van der Waals surface area contributed by atoms with Gasteiger partial charge in [0, 0.05) is 18.7 Å². The minimum Gasteiger partial charge on any atom is -0.361 e. The topological polar surface area (TPSA) is 38.1 Å². The van der Waals surface area contributed by atoms with E-state index < -0.39 is 0 Å². The van der Waals surface area contributed by atoms with Crippen LogP contribution in [-0.2, 0) is 6.54 Å². The Hall–Kier alpha value is -0.830. The number of nitrogens with zero attached hydrogens (tertiary/aromatic N) is 1. The Morgan fingerprint density at radius 3 is 2.69 bits per heavy atom. The molecule has 1 aromatic heterocycles. The quantitative estimate of drug-likeness (QED) is 0.851. The maximum Gasteiger partial charge on any atom is 0.133 e. The van der Waals surface area contributed by atoms with Crippen molar-refractivity contribution in [3.63, 3.8) is 0 Å². The summed E-state index contributed by atoms with van der Waals surface area (Å²) in [4.78, 5) is 0. The van der Waals surface area contributed by atoms with E-state index in [0.717, 1.165) is 23.9 Å². The van der Waals surface area contributed by atoms with Gasteiger partial charge in [0.15, 0.2) is 0 Å². The molecule has 0 radical (unpaired) electrons. The minimum atomic E-state index is 0.680.